The van der Waals surface area contributed by atoms with Crippen LogP contribution in [0.4, 0.5) is 26.3 Å². The molecule has 1 aromatic rings. The van der Waals surface area contributed by atoms with Gasteiger partial charge in [0.15, 0.2) is 11.5 Å². The molecule has 0 aromatic heterocycles. The van der Waals surface area contributed by atoms with Gasteiger partial charge in [0.1, 0.15) is 11.8 Å². The van der Waals surface area contributed by atoms with Gasteiger partial charge in [-0.2, -0.15) is 26.3 Å². The highest BCUT2D eigenvalue weighted by Crippen LogP contribution is 2.56. The Labute approximate surface area is 201 Å². The molecule has 204 valence electrons. The zero-order chi connectivity index (χ0) is 27.7. The molecule has 0 aliphatic carbocycles. The van der Waals surface area contributed by atoms with E-state index in [0.717, 1.165) is 30.6 Å². The van der Waals surface area contributed by atoms with Crippen LogP contribution >= 0.6 is 0 Å². The molecular weight excluding hydrogens is 508 g/mol. The van der Waals surface area contributed by atoms with Crippen molar-refractivity contribution in [2.45, 2.75) is 43.6 Å². The van der Waals surface area contributed by atoms with Crippen LogP contribution in [0.25, 0.3) is 0 Å². The van der Waals surface area contributed by atoms with Crippen molar-refractivity contribution in [3.63, 3.8) is 0 Å². The molecule has 0 spiro atoms. The first kappa shape index (κ1) is 29.5. The van der Waals surface area contributed by atoms with E-state index in [-0.39, 0.29) is 11.5 Å². The van der Waals surface area contributed by atoms with E-state index in [2.05, 4.69) is 9.47 Å². The molecular formula is C21H25F6NO8. The van der Waals surface area contributed by atoms with Gasteiger partial charge in [0, 0.05) is 5.92 Å². The Morgan fingerprint density at radius 1 is 0.861 bits per heavy atom. The monoisotopic (exact) mass is 533 g/mol. The third-order valence-corrected chi connectivity index (χ3v) is 5.74. The van der Waals surface area contributed by atoms with Gasteiger partial charge in [-0.15, -0.1) is 0 Å². The standard InChI is InChI=1S/C21H25F6NO8/c1-5-35-16(29)14-13(10-7-8-11(33-3)12(9-10)34-4)15(17(30)36-6-2)19(32,21(25,26)27)28-18(14,31)20(22,23)24/h7-9,13-15,28,31-32H,5-6H2,1-4H3/t13?,14-,15+,18-,19+. The van der Waals surface area contributed by atoms with Crippen LogP contribution in [0.15, 0.2) is 18.2 Å². The number of nitrogens with one attached hydrogen (secondary N) is 1. The third kappa shape index (κ3) is 4.91. The maximum atomic E-state index is 14.2. The zero-order valence-corrected chi connectivity index (χ0v) is 19.5. The SMILES string of the molecule is CCOC(=O)[C@@H]1C(c2ccc(OC)c(OC)c2)[C@H](C(=O)OCC)[C@@](O)(C(F)(F)F)N[C@@]1(O)C(F)(F)F. The number of carbonyl (C=O) groups is 2. The van der Waals surface area contributed by atoms with E-state index in [4.69, 9.17) is 9.47 Å². The predicted octanol–water partition coefficient (Wildman–Crippen LogP) is 2.25. The van der Waals surface area contributed by atoms with Crippen LogP contribution in [0.2, 0.25) is 0 Å². The van der Waals surface area contributed by atoms with E-state index in [1.165, 1.54) is 21.0 Å². The van der Waals surface area contributed by atoms with Gasteiger partial charge >= 0.3 is 24.3 Å². The predicted molar refractivity (Wildman–Crippen MR) is 108 cm³/mol. The van der Waals surface area contributed by atoms with Crippen molar-refractivity contribution in [2.75, 3.05) is 27.4 Å². The summed E-state index contributed by atoms with van der Waals surface area (Å²) in [6, 6.07) is 2.98. The molecule has 36 heavy (non-hydrogen) atoms. The van der Waals surface area contributed by atoms with Crippen LogP contribution in [0.1, 0.15) is 25.3 Å². The third-order valence-electron chi connectivity index (χ3n) is 5.74. The number of methoxy groups -OCH3 is 2. The lowest BCUT2D eigenvalue weighted by atomic mass is 9.64. The Balaban J connectivity index is 3.03. The number of ether oxygens (including phenoxy) is 4. The fourth-order valence-corrected chi connectivity index (χ4v) is 4.20. The molecule has 3 N–H and O–H groups in total. The smallest absolute Gasteiger partial charge is 0.432 e. The number of esters is 2. The summed E-state index contributed by atoms with van der Waals surface area (Å²) in [5.74, 6) is -12.1. The van der Waals surface area contributed by atoms with Crippen LogP contribution in [-0.2, 0) is 19.1 Å². The van der Waals surface area contributed by atoms with Crippen LogP contribution in [0.3, 0.4) is 0 Å². The number of hydrogen-bond acceptors (Lipinski definition) is 9. The van der Waals surface area contributed by atoms with E-state index in [1.54, 1.807) is 0 Å². The first-order chi connectivity index (χ1) is 16.5. The molecule has 1 aliphatic heterocycles. The van der Waals surface area contributed by atoms with Crippen LogP contribution in [0.5, 0.6) is 11.5 Å². The van der Waals surface area contributed by atoms with Crippen molar-refractivity contribution in [2.24, 2.45) is 11.8 Å². The number of aliphatic hydroxyl groups is 2. The number of benzene rings is 1. The Kier molecular flexibility index (Phi) is 8.43. The van der Waals surface area contributed by atoms with Gasteiger partial charge in [-0.05, 0) is 31.5 Å². The van der Waals surface area contributed by atoms with Crippen LogP contribution in [0, 0.1) is 11.8 Å². The maximum Gasteiger partial charge on any atom is 0.432 e. The topological polar surface area (TPSA) is 124 Å². The molecule has 0 radical (unpaired) electrons. The highest BCUT2D eigenvalue weighted by atomic mass is 19.4. The molecule has 1 saturated heterocycles. The van der Waals surface area contributed by atoms with Crippen molar-refractivity contribution in [1.29, 1.82) is 0 Å². The Morgan fingerprint density at radius 2 is 1.28 bits per heavy atom. The molecule has 5 atom stereocenters. The molecule has 2 rings (SSSR count). The fourth-order valence-electron chi connectivity index (χ4n) is 4.20. The highest BCUT2D eigenvalue weighted by molar-refractivity contribution is 5.81. The van der Waals surface area contributed by atoms with Crippen molar-refractivity contribution < 1.29 is 65.1 Å². The van der Waals surface area contributed by atoms with Crippen molar-refractivity contribution >= 4 is 11.9 Å². The molecule has 1 heterocycles. The van der Waals surface area contributed by atoms with Crippen LogP contribution in [-0.4, -0.2) is 73.4 Å². The van der Waals surface area contributed by atoms with Gasteiger partial charge in [-0.1, -0.05) is 6.07 Å². The summed E-state index contributed by atoms with van der Waals surface area (Å²) in [7, 11) is 2.32. The number of hydrogen-bond donors (Lipinski definition) is 3. The van der Waals surface area contributed by atoms with Gasteiger partial charge in [0.25, 0.3) is 0 Å². The summed E-state index contributed by atoms with van der Waals surface area (Å²) >= 11 is 0. The normalized spacial score (nSPS) is 28.8. The van der Waals surface area contributed by atoms with Gasteiger partial charge in [-0.25, -0.2) is 5.32 Å². The second-order valence-electron chi connectivity index (χ2n) is 7.75. The molecule has 1 aromatic carbocycles. The van der Waals surface area contributed by atoms with Gasteiger partial charge in [0.2, 0.25) is 11.4 Å². The first-order valence-electron chi connectivity index (χ1n) is 10.5. The number of halogens is 6. The Morgan fingerprint density at radius 3 is 1.61 bits per heavy atom. The first-order valence-corrected chi connectivity index (χ1v) is 10.5. The molecule has 0 amide bonds. The Hall–Kier alpha value is -2.78. The van der Waals surface area contributed by atoms with Crippen molar-refractivity contribution in [3.05, 3.63) is 23.8 Å². The van der Waals surface area contributed by atoms with Gasteiger partial charge < -0.3 is 29.2 Å². The zero-order valence-electron chi connectivity index (χ0n) is 19.5. The number of carbonyl (C=O) groups excluding carboxylic acids is 2. The van der Waals surface area contributed by atoms with Gasteiger partial charge in [-0.3, -0.25) is 9.59 Å². The van der Waals surface area contributed by atoms with E-state index >= 15 is 0 Å². The molecule has 9 nitrogen and oxygen atoms in total. The fraction of sp³-hybridized carbons (Fsp3) is 0.619. The molecule has 1 unspecified atom stereocenters. The van der Waals surface area contributed by atoms with Crippen molar-refractivity contribution in [1.82, 2.24) is 5.32 Å². The molecule has 1 fully saturated rings. The lowest BCUT2D eigenvalue weighted by molar-refractivity contribution is -0.376. The second kappa shape index (κ2) is 10.3. The summed E-state index contributed by atoms with van der Waals surface area (Å²) in [6.07, 6.45) is -11.9. The quantitative estimate of drug-likeness (QED) is 0.358. The average molecular weight is 533 g/mol. The number of piperidine rings is 1. The van der Waals surface area contributed by atoms with Crippen molar-refractivity contribution in [3.8, 4) is 11.5 Å². The summed E-state index contributed by atoms with van der Waals surface area (Å²) in [5, 5.41) is 22.0. The number of alkyl halides is 6. The summed E-state index contributed by atoms with van der Waals surface area (Å²) in [6.45, 7) is 1.38. The van der Waals surface area contributed by atoms with Gasteiger partial charge in [0.05, 0.1) is 27.4 Å². The van der Waals surface area contributed by atoms with Crippen LogP contribution < -0.4 is 14.8 Å². The lowest BCUT2D eigenvalue weighted by Crippen LogP contribution is -2.81. The maximum absolute atomic E-state index is 14.2. The largest absolute Gasteiger partial charge is 0.493 e. The van der Waals surface area contributed by atoms with E-state index < -0.39 is 72.3 Å². The number of rotatable bonds is 7. The summed E-state index contributed by atoms with van der Waals surface area (Å²) in [5.41, 5.74) is -9.93. The molecule has 0 saturated carbocycles. The molecule has 15 heteroatoms. The minimum absolute atomic E-state index is 0.00715. The summed E-state index contributed by atoms with van der Waals surface area (Å²) < 4.78 is 104. The summed E-state index contributed by atoms with van der Waals surface area (Å²) in [4.78, 5) is 25.6. The molecule has 0 bridgehead atoms. The minimum Gasteiger partial charge on any atom is -0.493 e. The highest BCUT2D eigenvalue weighted by Gasteiger charge is 2.78. The average Bonchev–Trinajstić information content (AvgIpc) is 2.76. The Bertz CT molecular complexity index is 923. The van der Waals surface area contributed by atoms with E-state index in [0.29, 0.717) is 0 Å². The van der Waals surface area contributed by atoms with E-state index in [9.17, 15) is 46.1 Å². The van der Waals surface area contributed by atoms with E-state index in [1.807, 2.05) is 0 Å². The molecule has 1 aliphatic rings. The minimum atomic E-state index is -5.97. The lowest BCUT2D eigenvalue weighted by Gasteiger charge is -2.54. The second-order valence-corrected chi connectivity index (χ2v) is 7.75.